The molecule has 74 valence electrons. The standard InChI is InChI=1S/C11H14N2S/c1-2-9-8-14-10(13-9)11(12)6-4-3-5-7-11/h1,8H,3-7,12H2. The van der Waals surface area contributed by atoms with Gasteiger partial charge in [-0.1, -0.05) is 19.3 Å². The first-order valence-corrected chi connectivity index (χ1v) is 5.84. The average molecular weight is 206 g/mol. The molecular weight excluding hydrogens is 192 g/mol. The van der Waals surface area contributed by atoms with E-state index in [1.165, 1.54) is 19.3 Å². The number of hydrogen-bond donors (Lipinski definition) is 1. The van der Waals surface area contributed by atoms with E-state index in [1.54, 1.807) is 11.3 Å². The van der Waals surface area contributed by atoms with Crippen LogP contribution in [0.2, 0.25) is 0 Å². The molecular formula is C11H14N2S. The van der Waals surface area contributed by atoms with Crippen LogP contribution in [0.4, 0.5) is 0 Å². The molecule has 0 unspecified atom stereocenters. The summed E-state index contributed by atoms with van der Waals surface area (Å²) in [7, 11) is 0. The highest BCUT2D eigenvalue weighted by atomic mass is 32.1. The fourth-order valence-electron chi connectivity index (χ4n) is 1.97. The summed E-state index contributed by atoms with van der Waals surface area (Å²) in [4.78, 5) is 4.38. The van der Waals surface area contributed by atoms with Gasteiger partial charge in [-0.05, 0) is 18.8 Å². The van der Waals surface area contributed by atoms with Crippen LogP contribution >= 0.6 is 11.3 Å². The van der Waals surface area contributed by atoms with Gasteiger partial charge in [0.2, 0.25) is 0 Å². The normalized spacial score (nSPS) is 20.3. The summed E-state index contributed by atoms with van der Waals surface area (Å²) < 4.78 is 0. The van der Waals surface area contributed by atoms with Gasteiger partial charge in [-0.3, -0.25) is 0 Å². The molecule has 0 bridgehead atoms. The molecule has 2 N–H and O–H groups in total. The van der Waals surface area contributed by atoms with Crippen molar-refractivity contribution < 1.29 is 0 Å². The summed E-state index contributed by atoms with van der Waals surface area (Å²) in [5.74, 6) is 2.55. The van der Waals surface area contributed by atoms with Crippen molar-refractivity contribution in [1.82, 2.24) is 4.98 Å². The SMILES string of the molecule is C#Cc1csc(C2(N)CCCCC2)n1. The van der Waals surface area contributed by atoms with Crippen LogP contribution < -0.4 is 5.73 Å². The van der Waals surface area contributed by atoms with E-state index < -0.39 is 0 Å². The third kappa shape index (κ3) is 1.68. The van der Waals surface area contributed by atoms with Gasteiger partial charge in [0.15, 0.2) is 0 Å². The Morgan fingerprint density at radius 1 is 1.43 bits per heavy atom. The van der Waals surface area contributed by atoms with Gasteiger partial charge < -0.3 is 5.73 Å². The molecule has 1 saturated carbocycles. The molecule has 0 amide bonds. The molecule has 1 aliphatic carbocycles. The van der Waals surface area contributed by atoms with Crippen molar-refractivity contribution in [1.29, 1.82) is 0 Å². The molecule has 2 nitrogen and oxygen atoms in total. The minimum Gasteiger partial charge on any atom is -0.319 e. The minimum absolute atomic E-state index is 0.196. The summed E-state index contributed by atoms with van der Waals surface area (Å²) in [5.41, 5.74) is 6.85. The molecule has 0 atom stereocenters. The van der Waals surface area contributed by atoms with Crippen LogP contribution in [0.15, 0.2) is 5.38 Å². The lowest BCUT2D eigenvalue weighted by atomic mass is 9.83. The molecule has 0 radical (unpaired) electrons. The molecule has 1 aliphatic rings. The summed E-state index contributed by atoms with van der Waals surface area (Å²) in [6, 6.07) is 0. The van der Waals surface area contributed by atoms with E-state index in [0.717, 1.165) is 23.5 Å². The van der Waals surface area contributed by atoms with E-state index in [4.69, 9.17) is 12.2 Å². The Kier molecular flexibility index (Phi) is 2.58. The third-order valence-corrected chi connectivity index (χ3v) is 3.89. The second-order valence-electron chi connectivity index (χ2n) is 3.90. The fraction of sp³-hybridized carbons (Fsp3) is 0.545. The lowest BCUT2D eigenvalue weighted by Gasteiger charge is -2.31. The molecule has 2 rings (SSSR count). The Hall–Kier alpha value is -0.850. The first-order chi connectivity index (χ1) is 6.74. The van der Waals surface area contributed by atoms with Crippen molar-refractivity contribution in [3.63, 3.8) is 0 Å². The highest BCUT2D eigenvalue weighted by Crippen LogP contribution is 2.35. The second kappa shape index (κ2) is 3.72. The van der Waals surface area contributed by atoms with Crippen LogP contribution in [0, 0.1) is 12.3 Å². The molecule has 1 aromatic heterocycles. The van der Waals surface area contributed by atoms with Gasteiger partial charge in [0.25, 0.3) is 0 Å². The highest BCUT2D eigenvalue weighted by molar-refractivity contribution is 7.09. The van der Waals surface area contributed by atoms with E-state index in [-0.39, 0.29) is 5.54 Å². The van der Waals surface area contributed by atoms with Crippen molar-refractivity contribution in [2.45, 2.75) is 37.6 Å². The van der Waals surface area contributed by atoms with Crippen LogP contribution in [-0.2, 0) is 5.54 Å². The Morgan fingerprint density at radius 2 is 2.14 bits per heavy atom. The second-order valence-corrected chi connectivity index (χ2v) is 4.76. The number of rotatable bonds is 1. The lowest BCUT2D eigenvalue weighted by Crippen LogP contribution is -2.38. The molecule has 1 heterocycles. The summed E-state index contributed by atoms with van der Waals surface area (Å²) in [6.45, 7) is 0. The molecule has 3 heteroatoms. The fourth-order valence-corrected chi connectivity index (χ4v) is 2.90. The van der Waals surface area contributed by atoms with Crippen molar-refractivity contribution in [3.05, 3.63) is 16.1 Å². The zero-order valence-electron chi connectivity index (χ0n) is 8.12. The summed E-state index contributed by atoms with van der Waals surface area (Å²) in [5, 5.41) is 2.93. The molecule has 0 aromatic carbocycles. The van der Waals surface area contributed by atoms with Gasteiger partial charge >= 0.3 is 0 Å². The van der Waals surface area contributed by atoms with E-state index in [1.807, 2.05) is 5.38 Å². The molecule has 1 aromatic rings. The number of thiazole rings is 1. The molecule has 0 spiro atoms. The predicted octanol–water partition coefficient (Wildman–Crippen LogP) is 2.24. The molecule has 14 heavy (non-hydrogen) atoms. The number of nitrogens with zero attached hydrogens (tertiary/aromatic N) is 1. The van der Waals surface area contributed by atoms with E-state index >= 15 is 0 Å². The topological polar surface area (TPSA) is 38.9 Å². The number of terminal acetylenes is 1. The van der Waals surface area contributed by atoms with Gasteiger partial charge in [0.05, 0.1) is 5.54 Å². The van der Waals surface area contributed by atoms with Crippen molar-refractivity contribution in [2.75, 3.05) is 0 Å². The van der Waals surface area contributed by atoms with Crippen LogP contribution in [-0.4, -0.2) is 4.98 Å². The van der Waals surface area contributed by atoms with E-state index in [9.17, 15) is 0 Å². The highest BCUT2D eigenvalue weighted by Gasteiger charge is 2.32. The zero-order chi connectivity index (χ0) is 10.0. The van der Waals surface area contributed by atoms with E-state index in [0.29, 0.717) is 0 Å². The van der Waals surface area contributed by atoms with Crippen molar-refractivity contribution >= 4 is 11.3 Å². The predicted molar refractivity (Wildman–Crippen MR) is 59.0 cm³/mol. The Morgan fingerprint density at radius 3 is 2.71 bits per heavy atom. The van der Waals surface area contributed by atoms with Gasteiger partial charge in [0.1, 0.15) is 10.7 Å². The summed E-state index contributed by atoms with van der Waals surface area (Å²) >= 11 is 1.60. The lowest BCUT2D eigenvalue weighted by molar-refractivity contribution is 0.301. The maximum Gasteiger partial charge on any atom is 0.124 e. The van der Waals surface area contributed by atoms with Gasteiger partial charge in [-0.15, -0.1) is 17.8 Å². The van der Waals surface area contributed by atoms with E-state index in [2.05, 4.69) is 10.9 Å². The van der Waals surface area contributed by atoms with Crippen molar-refractivity contribution in [2.24, 2.45) is 5.73 Å². The third-order valence-electron chi connectivity index (χ3n) is 2.82. The monoisotopic (exact) mass is 206 g/mol. The Bertz CT molecular complexity index is 356. The maximum absolute atomic E-state index is 6.33. The molecule has 1 fully saturated rings. The average Bonchev–Trinajstić information content (AvgIpc) is 2.67. The number of aromatic nitrogens is 1. The Balaban J connectivity index is 2.24. The Labute approximate surface area is 88.5 Å². The first-order valence-electron chi connectivity index (χ1n) is 4.96. The summed E-state index contributed by atoms with van der Waals surface area (Å²) in [6.07, 6.45) is 11.1. The number of hydrogen-bond acceptors (Lipinski definition) is 3. The van der Waals surface area contributed by atoms with Crippen LogP contribution in [0.25, 0.3) is 0 Å². The van der Waals surface area contributed by atoms with Crippen molar-refractivity contribution in [3.8, 4) is 12.3 Å². The maximum atomic E-state index is 6.33. The molecule has 0 saturated heterocycles. The van der Waals surface area contributed by atoms with Crippen LogP contribution in [0.1, 0.15) is 42.8 Å². The number of nitrogens with two attached hydrogens (primary N) is 1. The van der Waals surface area contributed by atoms with Gasteiger partial charge in [-0.2, -0.15) is 0 Å². The van der Waals surface area contributed by atoms with Crippen LogP contribution in [0.3, 0.4) is 0 Å². The first kappa shape index (κ1) is 9.70. The van der Waals surface area contributed by atoms with Gasteiger partial charge in [0, 0.05) is 5.38 Å². The van der Waals surface area contributed by atoms with Crippen LogP contribution in [0.5, 0.6) is 0 Å². The largest absolute Gasteiger partial charge is 0.319 e. The smallest absolute Gasteiger partial charge is 0.124 e. The zero-order valence-corrected chi connectivity index (χ0v) is 8.94. The minimum atomic E-state index is -0.196. The molecule has 0 aliphatic heterocycles. The quantitative estimate of drug-likeness (QED) is 0.716. The van der Waals surface area contributed by atoms with Gasteiger partial charge in [-0.25, -0.2) is 4.98 Å².